The van der Waals surface area contributed by atoms with E-state index in [0.717, 1.165) is 22.4 Å². The van der Waals surface area contributed by atoms with Crippen molar-refractivity contribution in [2.75, 3.05) is 5.32 Å². The molecule has 2 aromatic carbocycles. The van der Waals surface area contributed by atoms with E-state index >= 15 is 0 Å². The van der Waals surface area contributed by atoms with Gasteiger partial charge in [-0.2, -0.15) is 0 Å². The quantitative estimate of drug-likeness (QED) is 0.795. The number of esters is 1. The lowest BCUT2D eigenvalue weighted by atomic mass is 9.98. The number of rotatable bonds is 6. The summed E-state index contributed by atoms with van der Waals surface area (Å²) in [4.78, 5) is 24.4. The van der Waals surface area contributed by atoms with E-state index < -0.39 is 6.10 Å². The molecule has 0 aromatic heterocycles. The van der Waals surface area contributed by atoms with E-state index in [1.54, 1.807) is 6.92 Å². The van der Waals surface area contributed by atoms with Crippen LogP contribution in [-0.4, -0.2) is 18.0 Å². The van der Waals surface area contributed by atoms with Gasteiger partial charge in [-0.25, -0.2) is 0 Å². The summed E-state index contributed by atoms with van der Waals surface area (Å²) >= 11 is 0. The van der Waals surface area contributed by atoms with E-state index in [-0.39, 0.29) is 24.2 Å². The van der Waals surface area contributed by atoms with Gasteiger partial charge in [0.25, 0.3) is 5.91 Å². The van der Waals surface area contributed by atoms with Crippen molar-refractivity contribution in [3.63, 3.8) is 0 Å². The number of ether oxygens (including phenoxy) is 1. The lowest BCUT2D eigenvalue weighted by molar-refractivity contribution is -0.153. The number of benzene rings is 2. The van der Waals surface area contributed by atoms with E-state index in [1.165, 1.54) is 0 Å². The molecule has 4 heteroatoms. The van der Waals surface area contributed by atoms with Crippen molar-refractivity contribution in [2.24, 2.45) is 0 Å². The summed E-state index contributed by atoms with van der Waals surface area (Å²) in [5, 5.41) is 2.81. The van der Waals surface area contributed by atoms with Crippen molar-refractivity contribution in [2.45, 2.75) is 46.1 Å². The Morgan fingerprint density at radius 3 is 2.36 bits per heavy atom. The van der Waals surface area contributed by atoms with Crippen LogP contribution in [0.5, 0.6) is 0 Å². The van der Waals surface area contributed by atoms with Crippen LogP contribution in [0.2, 0.25) is 0 Å². The maximum Gasteiger partial charge on any atom is 0.307 e. The summed E-state index contributed by atoms with van der Waals surface area (Å²) in [6.45, 7) is 7.48. The molecule has 1 amide bonds. The summed E-state index contributed by atoms with van der Waals surface area (Å²) in [6, 6.07) is 15.6. The number of anilines is 1. The van der Waals surface area contributed by atoms with Gasteiger partial charge in [-0.3, -0.25) is 9.59 Å². The Balaban J connectivity index is 1.88. The molecule has 0 spiro atoms. The zero-order valence-electron chi connectivity index (χ0n) is 15.2. The molecule has 0 unspecified atom stereocenters. The number of hydrogen-bond acceptors (Lipinski definition) is 3. The van der Waals surface area contributed by atoms with Crippen molar-refractivity contribution < 1.29 is 14.3 Å². The molecule has 132 valence electrons. The predicted molar refractivity (Wildman–Crippen MR) is 99.6 cm³/mol. The number of hydrogen-bond donors (Lipinski definition) is 1. The highest BCUT2D eigenvalue weighted by Crippen LogP contribution is 2.20. The first-order valence-electron chi connectivity index (χ1n) is 8.49. The summed E-state index contributed by atoms with van der Waals surface area (Å²) in [5.41, 5.74) is 3.91. The predicted octanol–water partition coefficient (Wildman–Crippen LogP) is 4.37. The molecule has 0 bridgehead atoms. The van der Waals surface area contributed by atoms with Crippen LogP contribution in [-0.2, 0) is 14.3 Å². The Hall–Kier alpha value is -2.62. The summed E-state index contributed by atoms with van der Waals surface area (Å²) in [5.74, 6) is -0.657. The van der Waals surface area contributed by atoms with Gasteiger partial charge in [-0.15, -0.1) is 0 Å². The molecule has 0 fully saturated rings. The van der Waals surface area contributed by atoms with Crippen LogP contribution in [0.1, 0.15) is 42.9 Å². The molecule has 1 N–H and O–H groups in total. The van der Waals surface area contributed by atoms with E-state index in [2.05, 4.69) is 5.32 Å². The monoisotopic (exact) mass is 339 g/mol. The molecule has 0 radical (unpaired) electrons. The van der Waals surface area contributed by atoms with Crippen LogP contribution in [0.15, 0.2) is 48.5 Å². The van der Waals surface area contributed by atoms with Crippen LogP contribution >= 0.6 is 0 Å². The van der Waals surface area contributed by atoms with Crippen molar-refractivity contribution in [1.82, 2.24) is 0 Å². The molecule has 0 aliphatic heterocycles. The van der Waals surface area contributed by atoms with Crippen LogP contribution in [0, 0.1) is 13.8 Å². The van der Waals surface area contributed by atoms with Crippen LogP contribution < -0.4 is 5.32 Å². The zero-order chi connectivity index (χ0) is 18.4. The maximum absolute atomic E-state index is 12.3. The Morgan fingerprint density at radius 2 is 1.72 bits per heavy atom. The molecule has 25 heavy (non-hydrogen) atoms. The van der Waals surface area contributed by atoms with Gasteiger partial charge in [0.1, 0.15) is 0 Å². The fraction of sp³-hybridized carbons (Fsp3) is 0.333. The first-order chi connectivity index (χ1) is 11.9. The number of carbonyl (C=O) groups is 2. The highest BCUT2D eigenvalue weighted by atomic mass is 16.5. The SMILES string of the molecule is Cc1ccc(NC(=O)[C@@H](C)OC(=O)C[C@@H](C)c2ccccc2)c(C)c1. The number of nitrogens with one attached hydrogen (secondary N) is 1. The van der Waals surface area contributed by atoms with Gasteiger partial charge in [0, 0.05) is 5.69 Å². The van der Waals surface area contributed by atoms with Crippen molar-refractivity contribution in [3.8, 4) is 0 Å². The third kappa shape index (κ3) is 5.45. The van der Waals surface area contributed by atoms with Gasteiger partial charge >= 0.3 is 5.97 Å². The molecule has 0 aliphatic carbocycles. The molecule has 4 nitrogen and oxygen atoms in total. The molecule has 2 atom stereocenters. The van der Waals surface area contributed by atoms with Gasteiger partial charge < -0.3 is 10.1 Å². The lowest BCUT2D eigenvalue weighted by Crippen LogP contribution is -2.30. The van der Waals surface area contributed by atoms with E-state index in [0.29, 0.717) is 0 Å². The van der Waals surface area contributed by atoms with Gasteiger partial charge in [0.15, 0.2) is 6.10 Å². The van der Waals surface area contributed by atoms with Crippen LogP contribution in [0.3, 0.4) is 0 Å². The first kappa shape index (κ1) is 18.7. The molecular formula is C21H25NO3. The minimum absolute atomic E-state index is 0.0447. The van der Waals surface area contributed by atoms with Gasteiger partial charge in [-0.1, -0.05) is 55.0 Å². The van der Waals surface area contributed by atoms with E-state index in [1.807, 2.05) is 69.3 Å². The van der Waals surface area contributed by atoms with Crippen molar-refractivity contribution in [3.05, 3.63) is 65.2 Å². The second-order valence-corrected chi connectivity index (χ2v) is 6.46. The average molecular weight is 339 g/mol. The summed E-state index contributed by atoms with van der Waals surface area (Å²) < 4.78 is 5.29. The third-order valence-corrected chi connectivity index (χ3v) is 4.16. The normalized spacial score (nSPS) is 13.0. The van der Waals surface area contributed by atoms with Crippen LogP contribution in [0.25, 0.3) is 0 Å². The molecule has 0 saturated heterocycles. The van der Waals surface area contributed by atoms with E-state index in [9.17, 15) is 9.59 Å². The topological polar surface area (TPSA) is 55.4 Å². The summed E-state index contributed by atoms with van der Waals surface area (Å²) in [7, 11) is 0. The maximum atomic E-state index is 12.3. The Morgan fingerprint density at radius 1 is 1.04 bits per heavy atom. The highest BCUT2D eigenvalue weighted by molar-refractivity contribution is 5.95. The molecule has 0 heterocycles. The minimum Gasteiger partial charge on any atom is -0.453 e. The number of amides is 1. The lowest BCUT2D eigenvalue weighted by Gasteiger charge is -2.16. The van der Waals surface area contributed by atoms with Gasteiger partial charge in [0.2, 0.25) is 0 Å². The second-order valence-electron chi connectivity index (χ2n) is 6.46. The molecular weight excluding hydrogens is 314 g/mol. The Bertz CT molecular complexity index is 740. The standard InChI is InChI=1S/C21H25NO3/c1-14-10-11-19(16(3)12-14)22-21(24)17(4)25-20(23)13-15(2)18-8-6-5-7-9-18/h5-12,15,17H,13H2,1-4H3,(H,22,24)/t15-,17-/m1/s1. The molecule has 0 aliphatic rings. The Labute approximate surface area is 149 Å². The minimum atomic E-state index is -0.837. The molecule has 0 saturated carbocycles. The fourth-order valence-electron chi connectivity index (χ4n) is 2.64. The molecule has 2 aromatic rings. The van der Waals surface area contributed by atoms with Crippen molar-refractivity contribution in [1.29, 1.82) is 0 Å². The average Bonchev–Trinajstić information content (AvgIpc) is 2.57. The van der Waals surface area contributed by atoms with Gasteiger partial charge in [-0.05, 0) is 43.9 Å². The smallest absolute Gasteiger partial charge is 0.307 e. The summed E-state index contributed by atoms with van der Waals surface area (Å²) in [6.07, 6.45) is -0.596. The number of carbonyl (C=O) groups excluding carboxylic acids is 2. The zero-order valence-corrected chi connectivity index (χ0v) is 15.2. The Kier molecular flexibility index (Phi) is 6.34. The number of aryl methyl sites for hydroxylation is 2. The van der Waals surface area contributed by atoms with Crippen LogP contribution in [0.4, 0.5) is 5.69 Å². The highest BCUT2D eigenvalue weighted by Gasteiger charge is 2.20. The van der Waals surface area contributed by atoms with Crippen molar-refractivity contribution >= 4 is 17.6 Å². The molecule has 2 rings (SSSR count). The third-order valence-electron chi connectivity index (χ3n) is 4.16. The largest absolute Gasteiger partial charge is 0.453 e. The first-order valence-corrected chi connectivity index (χ1v) is 8.49. The van der Waals surface area contributed by atoms with Gasteiger partial charge in [0.05, 0.1) is 6.42 Å². The van der Waals surface area contributed by atoms with E-state index in [4.69, 9.17) is 4.74 Å². The fourth-order valence-corrected chi connectivity index (χ4v) is 2.64. The second kappa shape index (κ2) is 8.47.